The maximum absolute atomic E-state index is 12.9. The molecule has 8 heteroatoms. The van der Waals surface area contributed by atoms with Crippen LogP contribution in [0.25, 0.3) is 0 Å². The number of nitrogens with one attached hydrogen (secondary N) is 3. The summed E-state index contributed by atoms with van der Waals surface area (Å²) in [6.07, 6.45) is 2.32. The van der Waals surface area contributed by atoms with Crippen LogP contribution in [-0.2, 0) is 9.59 Å². The fourth-order valence-electron chi connectivity index (χ4n) is 2.79. The normalized spacial score (nSPS) is 18.0. The first kappa shape index (κ1) is 20.1. The predicted octanol–water partition coefficient (Wildman–Crippen LogP) is 2.43. The van der Waals surface area contributed by atoms with Gasteiger partial charge in [0.15, 0.2) is 5.11 Å². The Kier molecular flexibility index (Phi) is 7.32. The molecule has 6 nitrogen and oxygen atoms in total. The summed E-state index contributed by atoms with van der Waals surface area (Å²) in [5.74, 6) is -0.724. The molecule has 26 heavy (non-hydrogen) atoms. The lowest BCUT2D eigenvalue weighted by molar-refractivity contribution is -0.139. The van der Waals surface area contributed by atoms with E-state index < -0.39 is 0 Å². The van der Waals surface area contributed by atoms with Crippen LogP contribution in [0.5, 0.6) is 0 Å². The second-order valence-electron chi connectivity index (χ2n) is 6.51. The fraction of sp³-hybridized carbons (Fsp3) is 0.500. The van der Waals surface area contributed by atoms with Crippen molar-refractivity contribution in [2.75, 3.05) is 18.4 Å². The van der Waals surface area contributed by atoms with Gasteiger partial charge in [-0.25, -0.2) is 4.39 Å². The van der Waals surface area contributed by atoms with Gasteiger partial charge in [-0.1, -0.05) is 13.8 Å². The Bertz CT molecular complexity index is 653. The van der Waals surface area contributed by atoms with Crippen molar-refractivity contribution >= 4 is 34.8 Å². The van der Waals surface area contributed by atoms with E-state index in [1.165, 1.54) is 12.1 Å². The molecule has 142 valence electrons. The Morgan fingerprint density at radius 1 is 1.31 bits per heavy atom. The van der Waals surface area contributed by atoms with Crippen LogP contribution in [-0.4, -0.2) is 34.9 Å². The minimum atomic E-state index is -0.337. The van der Waals surface area contributed by atoms with Gasteiger partial charge < -0.3 is 10.2 Å². The molecule has 0 radical (unpaired) electrons. The SMILES string of the molecule is CC[C@@H](C)C(=O)N1CCC[C@H](C(=O)NNC(=S)Nc2ccc(F)cc2)C1. The summed E-state index contributed by atoms with van der Waals surface area (Å²) < 4.78 is 12.9. The van der Waals surface area contributed by atoms with E-state index in [1.807, 2.05) is 13.8 Å². The number of rotatable bonds is 4. The molecule has 2 rings (SSSR count). The number of nitrogens with zero attached hydrogens (tertiary/aromatic N) is 1. The minimum Gasteiger partial charge on any atom is -0.342 e. The number of carbonyl (C=O) groups is 2. The summed E-state index contributed by atoms with van der Waals surface area (Å²) >= 11 is 5.11. The first-order valence-electron chi connectivity index (χ1n) is 8.82. The molecule has 1 saturated heterocycles. The van der Waals surface area contributed by atoms with E-state index in [0.29, 0.717) is 18.8 Å². The van der Waals surface area contributed by atoms with Crippen molar-refractivity contribution in [2.45, 2.75) is 33.1 Å². The fourth-order valence-corrected chi connectivity index (χ4v) is 2.96. The average molecular weight is 380 g/mol. The number of hydrogen-bond donors (Lipinski definition) is 3. The van der Waals surface area contributed by atoms with Crippen LogP contribution in [0.4, 0.5) is 10.1 Å². The molecule has 1 fully saturated rings. The molecule has 0 spiro atoms. The van der Waals surface area contributed by atoms with Crippen molar-refractivity contribution in [3.05, 3.63) is 30.1 Å². The van der Waals surface area contributed by atoms with Crippen LogP contribution >= 0.6 is 12.2 Å². The van der Waals surface area contributed by atoms with Gasteiger partial charge in [-0.2, -0.15) is 0 Å². The Morgan fingerprint density at radius 2 is 2.00 bits per heavy atom. The Balaban J connectivity index is 1.80. The van der Waals surface area contributed by atoms with Gasteiger partial charge in [-0.15, -0.1) is 0 Å². The summed E-state index contributed by atoms with van der Waals surface area (Å²) in [5.41, 5.74) is 5.84. The minimum absolute atomic E-state index is 0.0255. The second-order valence-corrected chi connectivity index (χ2v) is 6.92. The Hall–Kier alpha value is -2.22. The maximum Gasteiger partial charge on any atom is 0.243 e. The van der Waals surface area contributed by atoms with E-state index in [4.69, 9.17) is 12.2 Å². The van der Waals surface area contributed by atoms with Crippen LogP contribution in [0, 0.1) is 17.7 Å². The summed E-state index contributed by atoms with van der Waals surface area (Å²) in [4.78, 5) is 26.4. The van der Waals surface area contributed by atoms with Gasteiger partial charge >= 0.3 is 0 Å². The van der Waals surface area contributed by atoms with Gasteiger partial charge in [-0.3, -0.25) is 20.4 Å². The molecule has 1 aliphatic rings. The Labute approximate surface area is 158 Å². The number of likely N-dealkylation sites (tertiary alicyclic amines) is 1. The first-order chi connectivity index (χ1) is 12.4. The molecule has 1 aromatic rings. The number of hydrazine groups is 1. The van der Waals surface area contributed by atoms with Crippen molar-refractivity contribution in [1.29, 1.82) is 0 Å². The number of halogens is 1. The van der Waals surface area contributed by atoms with Crippen LogP contribution < -0.4 is 16.2 Å². The van der Waals surface area contributed by atoms with Crippen LogP contribution in [0.3, 0.4) is 0 Å². The van der Waals surface area contributed by atoms with Gasteiger partial charge in [0, 0.05) is 24.7 Å². The molecule has 0 bridgehead atoms. The highest BCUT2D eigenvalue weighted by Gasteiger charge is 2.29. The summed E-state index contributed by atoms with van der Waals surface area (Å²) in [7, 11) is 0. The Morgan fingerprint density at radius 3 is 2.65 bits per heavy atom. The first-order valence-corrected chi connectivity index (χ1v) is 9.22. The van der Waals surface area contributed by atoms with Gasteiger partial charge in [0.1, 0.15) is 5.82 Å². The molecular formula is C18H25FN4O2S. The van der Waals surface area contributed by atoms with Gasteiger partial charge in [0.2, 0.25) is 11.8 Å². The molecule has 2 amide bonds. The zero-order chi connectivity index (χ0) is 19.1. The van der Waals surface area contributed by atoms with Crippen LogP contribution in [0.2, 0.25) is 0 Å². The number of benzene rings is 1. The standard InChI is InChI=1S/C18H25FN4O2S/c1-3-12(2)17(25)23-10-4-5-13(11-23)16(24)21-22-18(26)20-15-8-6-14(19)7-9-15/h6-9,12-13H,3-5,10-11H2,1-2H3,(H,21,24)(H2,20,22,26)/t12-,13+/m1/s1. The molecule has 3 N–H and O–H groups in total. The molecule has 2 atom stereocenters. The summed E-state index contributed by atoms with van der Waals surface area (Å²) in [6.45, 7) is 5.02. The lowest BCUT2D eigenvalue weighted by atomic mass is 9.96. The quantitative estimate of drug-likeness (QED) is 0.553. The second kappa shape index (κ2) is 9.47. The smallest absolute Gasteiger partial charge is 0.243 e. The highest BCUT2D eigenvalue weighted by atomic mass is 32.1. The van der Waals surface area contributed by atoms with Crippen molar-refractivity contribution in [2.24, 2.45) is 11.8 Å². The van der Waals surface area contributed by atoms with E-state index in [0.717, 1.165) is 19.3 Å². The van der Waals surface area contributed by atoms with E-state index >= 15 is 0 Å². The topological polar surface area (TPSA) is 73.5 Å². The van der Waals surface area contributed by atoms with E-state index in [9.17, 15) is 14.0 Å². The number of carbonyl (C=O) groups excluding carboxylic acids is 2. The van der Waals surface area contributed by atoms with Crippen molar-refractivity contribution in [3.63, 3.8) is 0 Å². The maximum atomic E-state index is 12.9. The van der Waals surface area contributed by atoms with Crippen LogP contribution in [0.1, 0.15) is 33.1 Å². The van der Waals surface area contributed by atoms with Crippen molar-refractivity contribution < 1.29 is 14.0 Å². The zero-order valence-electron chi connectivity index (χ0n) is 15.0. The summed E-state index contributed by atoms with van der Waals surface area (Å²) in [5, 5.41) is 3.05. The molecule has 0 unspecified atom stereocenters. The predicted molar refractivity (Wildman–Crippen MR) is 103 cm³/mol. The number of hydrogen-bond acceptors (Lipinski definition) is 3. The summed E-state index contributed by atoms with van der Waals surface area (Å²) in [6, 6.07) is 5.72. The highest BCUT2D eigenvalue weighted by Crippen LogP contribution is 2.19. The molecule has 1 aromatic carbocycles. The third-order valence-electron chi connectivity index (χ3n) is 4.54. The van der Waals surface area contributed by atoms with Gasteiger partial charge in [0.25, 0.3) is 0 Å². The van der Waals surface area contributed by atoms with Crippen LogP contribution in [0.15, 0.2) is 24.3 Å². The zero-order valence-corrected chi connectivity index (χ0v) is 15.9. The van der Waals surface area contributed by atoms with Crippen molar-refractivity contribution in [1.82, 2.24) is 15.8 Å². The average Bonchev–Trinajstić information content (AvgIpc) is 2.66. The third kappa shape index (κ3) is 5.66. The van der Waals surface area contributed by atoms with Gasteiger partial charge in [0.05, 0.1) is 5.92 Å². The highest BCUT2D eigenvalue weighted by molar-refractivity contribution is 7.80. The number of anilines is 1. The number of piperidine rings is 1. The molecule has 1 aliphatic heterocycles. The lowest BCUT2D eigenvalue weighted by Gasteiger charge is -2.33. The number of thiocarbonyl (C=S) groups is 1. The van der Waals surface area contributed by atoms with Gasteiger partial charge in [-0.05, 0) is 55.7 Å². The van der Waals surface area contributed by atoms with E-state index in [-0.39, 0.29) is 34.6 Å². The van der Waals surface area contributed by atoms with E-state index in [1.54, 1.807) is 17.0 Å². The lowest BCUT2D eigenvalue weighted by Crippen LogP contribution is -2.51. The molecule has 0 saturated carbocycles. The third-order valence-corrected chi connectivity index (χ3v) is 4.74. The largest absolute Gasteiger partial charge is 0.342 e. The molecule has 1 heterocycles. The number of amides is 2. The molecule has 0 aliphatic carbocycles. The molecular weight excluding hydrogens is 355 g/mol. The molecule has 0 aromatic heterocycles. The monoisotopic (exact) mass is 380 g/mol. The van der Waals surface area contributed by atoms with Crippen molar-refractivity contribution in [3.8, 4) is 0 Å². The van der Waals surface area contributed by atoms with E-state index in [2.05, 4.69) is 16.2 Å².